The maximum Gasteiger partial charge on any atom is 0.193 e. The van der Waals surface area contributed by atoms with E-state index in [1.807, 2.05) is 0 Å². The topological polar surface area (TPSA) is 29.3 Å². The molecule has 1 fully saturated rings. The van der Waals surface area contributed by atoms with E-state index in [-0.39, 0.29) is 0 Å². The van der Waals surface area contributed by atoms with Gasteiger partial charge in [0, 0.05) is 30.2 Å². The van der Waals surface area contributed by atoms with Gasteiger partial charge in [0.15, 0.2) is 4.96 Å². The number of fused-ring (bicyclic) bond motifs is 1. The number of imidazole rings is 1. The molecule has 0 bridgehead atoms. The van der Waals surface area contributed by atoms with E-state index < -0.39 is 0 Å². The van der Waals surface area contributed by atoms with Crippen LogP contribution >= 0.6 is 11.3 Å². The van der Waals surface area contributed by atoms with Crippen LogP contribution in [0.2, 0.25) is 0 Å². The molecule has 0 saturated heterocycles. The Morgan fingerprint density at radius 2 is 2.20 bits per heavy atom. The first-order valence-corrected chi connectivity index (χ1v) is 8.54. The van der Waals surface area contributed by atoms with Crippen molar-refractivity contribution in [2.45, 2.75) is 52.0 Å². The van der Waals surface area contributed by atoms with E-state index in [0.29, 0.717) is 11.5 Å². The summed E-state index contributed by atoms with van der Waals surface area (Å²) < 4.78 is 2.14. The van der Waals surface area contributed by atoms with Crippen molar-refractivity contribution in [3.05, 3.63) is 23.5 Å². The Labute approximate surface area is 125 Å². The van der Waals surface area contributed by atoms with Crippen molar-refractivity contribution in [2.75, 3.05) is 7.05 Å². The van der Waals surface area contributed by atoms with E-state index >= 15 is 0 Å². The first kappa shape index (κ1) is 14.1. The van der Waals surface area contributed by atoms with E-state index in [1.54, 1.807) is 11.3 Å². The van der Waals surface area contributed by atoms with E-state index in [2.05, 4.69) is 48.4 Å². The van der Waals surface area contributed by atoms with Gasteiger partial charge in [-0.3, -0.25) is 4.40 Å². The molecule has 0 radical (unpaired) electrons. The Bertz CT molecular complexity index is 531. The quantitative estimate of drug-likeness (QED) is 0.929. The molecule has 2 aromatic rings. The fourth-order valence-corrected chi connectivity index (χ4v) is 4.15. The first-order valence-electron chi connectivity index (χ1n) is 7.66. The highest BCUT2D eigenvalue weighted by Gasteiger charge is 2.31. The summed E-state index contributed by atoms with van der Waals surface area (Å²) in [6, 6.07) is 0.565. The Morgan fingerprint density at radius 1 is 1.45 bits per heavy atom. The highest BCUT2D eigenvalue weighted by Crippen LogP contribution is 2.39. The van der Waals surface area contributed by atoms with Gasteiger partial charge in [0.1, 0.15) is 0 Å². The third kappa shape index (κ3) is 2.91. The van der Waals surface area contributed by atoms with Crippen molar-refractivity contribution in [3.8, 4) is 0 Å². The molecule has 1 aliphatic rings. The van der Waals surface area contributed by atoms with Crippen molar-refractivity contribution in [1.82, 2.24) is 14.7 Å². The van der Waals surface area contributed by atoms with Crippen molar-refractivity contribution in [3.63, 3.8) is 0 Å². The summed E-state index contributed by atoms with van der Waals surface area (Å²) in [5, 5.41) is 5.63. The maximum atomic E-state index is 4.73. The highest BCUT2D eigenvalue weighted by atomic mass is 32.1. The standard InChI is InChI=1S/C16H25N3S/c1-16(2)6-4-12(5-7-16)14(17-3)10-13-11-19-8-9-20-15(19)18-13/h8-9,11-12,14,17H,4-7,10H2,1-3H3. The van der Waals surface area contributed by atoms with Crippen LogP contribution in [0.3, 0.4) is 0 Å². The number of aromatic nitrogens is 2. The molecule has 0 spiro atoms. The Hall–Kier alpha value is -0.870. The highest BCUT2D eigenvalue weighted by molar-refractivity contribution is 7.15. The average Bonchev–Trinajstić information content (AvgIpc) is 2.97. The van der Waals surface area contributed by atoms with Gasteiger partial charge in [-0.25, -0.2) is 4.98 Å². The van der Waals surface area contributed by atoms with Crippen LogP contribution in [0.1, 0.15) is 45.2 Å². The minimum Gasteiger partial charge on any atom is -0.316 e. The molecule has 1 atom stereocenters. The number of hydrogen-bond donors (Lipinski definition) is 1. The maximum absolute atomic E-state index is 4.73. The zero-order valence-corrected chi connectivity index (χ0v) is 13.5. The molecular formula is C16H25N3S. The van der Waals surface area contributed by atoms with Gasteiger partial charge >= 0.3 is 0 Å². The number of hydrogen-bond acceptors (Lipinski definition) is 3. The van der Waals surface area contributed by atoms with Crippen molar-refractivity contribution in [1.29, 1.82) is 0 Å². The summed E-state index contributed by atoms with van der Waals surface area (Å²) in [4.78, 5) is 5.84. The number of thiazole rings is 1. The average molecular weight is 291 g/mol. The van der Waals surface area contributed by atoms with Gasteiger partial charge < -0.3 is 5.32 Å². The van der Waals surface area contributed by atoms with E-state index in [4.69, 9.17) is 4.98 Å². The molecule has 1 aliphatic carbocycles. The summed E-state index contributed by atoms with van der Waals surface area (Å²) in [6.45, 7) is 4.81. The summed E-state index contributed by atoms with van der Waals surface area (Å²) in [7, 11) is 2.10. The van der Waals surface area contributed by atoms with Crippen LogP contribution in [0.5, 0.6) is 0 Å². The van der Waals surface area contributed by atoms with Gasteiger partial charge in [0.05, 0.1) is 5.69 Å². The fourth-order valence-electron chi connectivity index (χ4n) is 3.43. The molecule has 0 aromatic carbocycles. The summed E-state index contributed by atoms with van der Waals surface area (Å²) in [5.41, 5.74) is 1.77. The van der Waals surface area contributed by atoms with Crippen LogP contribution in [0.4, 0.5) is 0 Å². The molecule has 2 aromatic heterocycles. The van der Waals surface area contributed by atoms with Crippen LogP contribution in [0, 0.1) is 11.3 Å². The van der Waals surface area contributed by atoms with E-state index in [1.165, 1.54) is 31.4 Å². The van der Waals surface area contributed by atoms with E-state index in [9.17, 15) is 0 Å². The first-order chi connectivity index (χ1) is 9.57. The third-order valence-corrected chi connectivity index (χ3v) is 5.67. The molecule has 4 heteroatoms. The Morgan fingerprint density at radius 3 is 2.85 bits per heavy atom. The molecular weight excluding hydrogens is 266 g/mol. The zero-order chi connectivity index (χ0) is 14.2. The molecule has 110 valence electrons. The molecule has 1 N–H and O–H groups in total. The molecule has 1 unspecified atom stereocenters. The van der Waals surface area contributed by atoms with Gasteiger partial charge in [0.2, 0.25) is 0 Å². The lowest BCUT2D eigenvalue weighted by Crippen LogP contribution is -2.39. The van der Waals surface area contributed by atoms with Gasteiger partial charge in [-0.05, 0) is 44.1 Å². The second kappa shape index (κ2) is 5.49. The molecule has 3 rings (SSSR count). The second-order valence-corrected chi connectivity index (χ2v) is 7.80. The van der Waals surface area contributed by atoms with Crippen LogP contribution in [-0.4, -0.2) is 22.5 Å². The largest absolute Gasteiger partial charge is 0.316 e. The molecule has 2 heterocycles. The van der Waals surface area contributed by atoms with E-state index in [0.717, 1.165) is 17.3 Å². The molecule has 3 nitrogen and oxygen atoms in total. The Kier molecular flexibility index (Phi) is 3.87. The summed E-state index contributed by atoms with van der Waals surface area (Å²) >= 11 is 1.71. The fraction of sp³-hybridized carbons (Fsp3) is 0.688. The van der Waals surface area contributed by atoms with Gasteiger partial charge in [-0.15, -0.1) is 11.3 Å². The lowest BCUT2D eigenvalue weighted by Gasteiger charge is -2.37. The molecule has 20 heavy (non-hydrogen) atoms. The van der Waals surface area contributed by atoms with Gasteiger partial charge in [-0.1, -0.05) is 13.8 Å². The lowest BCUT2D eigenvalue weighted by molar-refractivity contribution is 0.163. The third-order valence-electron chi connectivity index (χ3n) is 4.90. The number of likely N-dealkylation sites (N-methyl/N-ethyl adjacent to an activating group) is 1. The van der Waals surface area contributed by atoms with Gasteiger partial charge in [-0.2, -0.15) is 0 Å². The SMILES string of the molecule is CNC(Cc1cn2ccsc2n1)C1CCC(C)(C)CC1. The number of nitrogens with one attached hydrogen (secondary N) is 1. The monoisotopic (exact) mass is 291 g/mol. The normalized spacial score (nSPS) is 21.4. The molecule has 0 aliphatic heterocycles. The van der Waals surface area contributed by atoms with Crippen molar-refractivity contribution < 1.29 is 0 Å². The van der Waals surface area contributed by atoms with Gasteiger partial charge in [0.25, 0.3) is 0 Å². The van der Waals surface area contributed by atoms with Crippen LogP contribution < -0.4 is 5.32 Å². The lowest BCUT2D eigenvalue weighted by atomic mass is 9.70. The summed E-state index contributed by atoms with van der Waals surface area (Å²) in [5.74, 6) is 0.799. The van der Waals surface area contributed by atoms with Crippen molar-refractivity contribution in [2.24, 2.45) is 11.3 Å². The zero-order valence-electron chi connectivity index (χ0n) is 12.7. The van der Waals surface area contributed by atoms with Crippen LogP contribution in [0.25, 0.3) is 4.96 Å². The summed E-state index contributed by atoms with van der Waals surface area (Å²) in [6.07, 6.45) is 10.7. The predicted molar refractivity (Wildman–Crippen MR) is 85.4 cm³/mol. The number of rotatable bonds is 4. The van der Waals surface area contributed by atoms with Crippen molar-refractivity contribution >= 4 is 16.3 Å². The predicted octanol–water partition coefficient (Wildman–Crippen LogP) is 3.74. The number of nitrogens with zero attached hydrogens (tertiary/aromatic N) is 2. The molecule has 1 saturated carbocycles. The minimum atomic E-state index is 0.547. The van der Waals surface area contributed by atoms with Crippen LogP contribution in [0.15, 0.2) is 17.8 Å². The smallest absolute Gasteiger partial charge is 0.193 e. The minimum absolute atomic E-state index is 0.547. The Balaban J connectivity index is 1.66. The second-order valence-electron chi connectivity index (χ2n) is 6.93. The molecule has 0 amide bonds. The van der Waals surface area contributed by atoms with Crippen LogP contribution in [-0.2, 0) is 6.42 Å².